The number of ether oxygens (including phenoxy) is 3. The maximum atomic E-state index is 12.9. The fourth-order valence-electron chi connectivity index (χ4n) is 8.58. The van der Waals surface area contributed by atoms with Crippen LogP contribution in [0.1, 0.15) is 271 Å². The van der Waals surface area contributed by atoms with Crippen LogP contribution in [0, 0.1) is 0 Å². The summed E-state index contributed by atoms with van der Waals surface area (Å²) in [6.45, 7) is 6.34. The Bertz CT molecular complexity index is 1870. The highest BCUT2D eigenvalue weighted by atomic mass is 16.6. The summed E-state index contributed by atoms with van der Waals surface area (Å²) in [7, 11) is 0. The van der Waals surface area contributed by atoms with Gasteiger partial charge >= 0.3 is 17.9 Å². The van der Waals surface area contributed by atoms with E-state index in [0.29, 0.717) is 19.3 Å². The molecule has 0 heterocycles. The van der Waals surface area contributed by atoms with E-state index in [0.717, 1.165) is 148 Å². The quantitative estimate of drug-likeness (QED) is 0.0261. The van der Waals surface area contributed by atoms with Crippen LogP contribution in [-0.2, 0) is 28.6 Å². The van der Waals surface area contributed by atoms with Crippen LogP contribution in [0.15, 0.2) is 170 Å². The molecule has 1 unspecified atom stereocenters. The fourth-order valence-corrected chi connectivity index (χ4v) is 8.58. The summed E-state index contributed by atoms with van der Waals surface area (Å²) >= 11 is 0. The van der Waals surface area contributed by atoms with Gasteiger partial charge in [0.05, 0.1) is 0 Å². The molecule has 6 heteroatoms. The van der Waals surface area contributed by atoms with Gasteiger partial charge in [0, 0.05) is 19.3 Å². The van der Waals surface area contributed by atoms with Gasteiger partial charge in [0.15, 0.2) is 6.10 Å². The van der Waals surface area contributed by atoms with Crippen LogP contribution in [0.4, 0.5) is 0 Å². The second-order valence-corrected chi connectivity index (χ2v) is 21.3. The number of allylic oxidation sites excluding steroid dienone is 28. The minimum Gasteiger partial charge on any atom is -0.462 e. The molecular formula is C76H120O6. The molecule has 0 aliphatic rings. The van der Waals surface area contributed by atoms with Crippen molar-refractivity contribution in [3.05, 3.63) is 170 Å². The van der Waals surface area contributed by atoms with Crippen molar-refractivity contribution < 1.29 is 28.6 Å². The first-order chi connectivity index (χ1) is 40.5. The average Bonchev–Trinajstić information content (AvgIpc) is 3.48. The predicted octanol–water partition coefficient (Wildman–Crippen LogP) is 23.0. The lowest BCUT2D eigenvalue weighted by Gasteiger charge is -2.18. The molecule has 0 aromatic heterocycles. The molecule has 0 bridgehead atoms. The minimum atomic E-state index is -0.810. The predicted molar refractivity (Wildman–Crippen MR) is 357 cm³/mol. The van der Waals surface area contributed by atoms with E-state index in [9.17, 15) is 14.4 Å². The van der Waals surface area contributed by atoms with Gasteiger partial charge in [-0.05, 0) is 135 Å². The zero-order valence-electron chi connectivity index (χ0n) is 52.7. The first-order valence-corrected chi connectivity index (χ1v) is 33.1. The Balaban J connectivity index is 4.30. The van der Waals surface area contributed by atoms with Gasteiger partial charge in [-0.2, -0.15) is 0 Å². The summed E-state index contributed by atoms with van der Waals surface area (Å²) in [6.07, 6.45) is 101. The van der Waals surface area contributed by atoms with Gasteiger partial charge in [-0.15, -0.1) is 0 Å². The van der Waals surface area contributed by atoms with Crippen LogP contribution in [0.2, 0.25) is 0 Å². The van der Waals surface area contributed by atoms with E-state index in [2.05, 4.69) is 191 Å². The van der Waals surface area contributed by atoms with Crippen LogP contribution in [-0.4, -0.2) is 37.2 Å². The lowest BCUT2D eigenvalue weighted by atomic mass is 10.1. The Hall–Kier alpha value is -5.23. The summed E-state index contributed by atoms with van der Waals surface area (Å²) in [6, 6.07) is 0. The first-order valence-electron chi connectivity index (χ1n) is 33.1. The molecule has 0 spiro atoms. The number of hydrogen-bond acceptors (Lipinski definition) is 6. The van der Waals surface area contributed by atoms with Gasteiger partial charge in [-0.3, -0.25) is 14.4 Å². The van der Waals surface area contributed by atoms with Gasteiger partial charge in [-0.25, -0.2) is 0 Å². The first kappa shape index (κ1) is 76.8. The molecule has 0 aliphatic carbocycles. The van der Waals surface area contributed by atoms with E-state index in [1.54, 1.807) is 0 Å². The monoisotopic (exact) mass is 1130 g/mol. The maximum Gasteiger partial charge on any atom is 0.306 e. The third-order valence-electron chi connectivity index (χ3n) is 13.5. The van der Waals surface area contributed by atoms with E-state index in [1.807, 2.05) is 0 Å². The van der Waals surface area contributed by atoms with Gasteiger partial charge < -0.3 is 14.2 Å². The summed E-state index contributed by atoms with van der Waals surface area (Å²) in [5.41, 5.74) is 0. The number of carbonyl (C=O) groups is 3. The third kappa shape index (κ3) is 65.6. The largest absolute Gasteiger partial charge is 0.462 e. The van der Waals surface area contributed by atoms with Gasteiger partial charge in [0.25, 0.3) is 0 Å². The van der Waals surface area contributed by atoms with E-state index in [-0.39, 0.29) is 37.5 Å². The van der Waals surface area contributed by atoms with Gasteiger partial charge in [0.2, 0.25) is 0 Å². The molecule has 0 saturated heterocycles. The zero-order chi connectivity index (χ0) is 59.2. The van der Waals surface area contributed by atoms with Crippen LogP contribution in [0.25, 0.3) is 0 Å². The number of unbranched alkanes of at least 4 members (excludes halogenated alkanes) is 19. The molecule has 0 N–H and O–H groups in total. The molecule has 460 valence electrons. The Kier molecular flexibility index (Phi) is 63.9. The van der Waals surface area contributed by atoms with Crippen LogP contribution < -0.4 is 0 Å². The lowest BCUT2D eigenvalue weighted by molar-refractivity contribution is -0.167. The topological polar surface area (TPSA) is 78.9 Å². The Morgan fingerprint density at radius 3 is 0.768 bits per heavy atom. The van der Waals surface area contributed by atoms with Crippen LogP contribution >= 0.6 is 0 Å². The van der Waals surface area contributed by atoms with Crippen molar-refractivity contribution >= 4 is 17.9 Å². The highest BCUT2D eigenvalue weighted by molar-refractivity contribution is 5.71. The number of carbonyl (C=O) groups excluding carboxylic acids is 3. The van der Waals surface area contributed by atoms with Crippen molar-refractivity contribution in [2.45, 2.75) is 277 Å². The molecule has 0 aliphatic heterocycles. The van der Waals surface area contributed by atoms with Crippen molar-refractivity contribution in [1.29, 1.82) is 0 Å². The number of esters is 3. The van der Waals surface area contributed by atoms with Gasteiger partial charge in [-0.1, -0.05) is 287 Å². The highest BCUT2D eigenvalue weighted by Gasteiger charge is 2.19. The Morgan fingerprint density at radius 2 is 0.476 bits per heavy atom. The molecule has 0 fully saturated rings. The van der Waals surface area contributed by atoms with Crippen molar-refractivity contribution in [2.75, 3.05) is 13.2 Å². The Morgan fingerprint density at radius 1 is 0.256 bits per heavy atom. The van der Waals surface area contributed by atoms with E-state index >= 15 is 0 Å². The average molecular weight is 1130 g/mol. The molecule has 0 radical (unpaired) electrons. The molecule has 0 aromatic rings. The van der Waals surface area contributed by atoms with Crippen LogP contribution in [0.3, 0.4) is 0 Å². The Labute approximate surface area is 504 Å². The van der Waals surface area contributed by atoms with E-state index < -0.39 is 6.10 Å². The zero-order valence-corrected chi connectivity index (χ0v) is 52.7. The van der Waals surface area contributed by atoms with E-state index in [4.69, 9.17) is 14.2 Å². The van der Waals surface area contributed by atoms with Crippen molar-refractivity contribution in [3.63, 3.8) is 0 Å². The molecule has 0 rings (SSSR count). The molecule has 1 atom stereocenters. The maximum absolute atomic E-state index is 12.9. The standard InChI is InChI=1S/C76H120O6/c1-4-7-10-13-16-19-21-23-25-27-29-31-33-35-37-38-40-41-43-45-47-49-51-53-55-57-60-63-66-69-75(78)81-72-73(71-80-74(77)68-65-62-59-18-15-12-9-6-3)82-76(79)70-67-64-61-58-56-54-52-50-48-46-44-42-39-36-34-32-30-28-26-24-22-20-17-14-11-8-5-2/h7-8,10-11,16-17,19-20,23-26,29-32,35-37,39-41,44,46,50,52,56,58,73H,4-6,9,12-15,18,21-22,27-28,33-34,38,42-43,45,47-49,51,53-55,57,59-72H2,1-3H3/b10-7-,11-8-,19-16-,20-17-,25-23-,26-24-,31-29-,32-30-,37-35-,39-36-,41-40-,46-44-,52-50-,58-56-. The fraction of sp³-hybridized carbons (Fsp3) is 0.592. The van der Waals surface area contributed by atoms with Gasteiger partial charge in [0.1, 0.15) is 13.2 Å². The second-order valence-electron chi connectivity index (χ2n) is 21.3. The minimum absolute atomic E-state index is 0.102. The number of rotatable bonds is 58. The normalized spacial score (nSPS) is 13.3. The molecule has 0 aromatic carbocycles. The summed E-state index contributed by atoms with van der Waals surface area (Å²) in [5, 5.41) is 0. The van der Waals surface area contributed by atoms with Crippen LogP contribution in [0.5, 0.6) is 0 Å². The summed E-state index contributed by atoms with van der Waals surface area (Å²) in [5.74, 6) is -0.960. The van der Waals surface area contributed by atoms with Crippen molar-refractivity contribution in [3.8, 4) is 0 Å². The number of hydrogen-bond donors (Lipinski definition) is 0. The summed E-state index contributed by atoms with van der Waals surface area (Å²) in [4.78, 5) is 38.2. The molecular weight excluding hydrogens is 1010 g/mol. The molecule has 0 saturated carbocycles. The SMILES string of the molecule is CC/C=C\C/C=C\C/C=C\C/C=C\C/C=C\C/C=C\C/C=C\C/C=C\CCCCC(=O)OC(COC(=O)CCCCCCCCCC)COC(=O)CCCCCCCCCCCC/C=C\C/C=C\C/C=C\C/C=C\C/C=C\C/C=C\CC. The molecule has 6 nitrogen and oxygen atoms in total. The molecule has 0 amide bonds. The smallest absolute Gasteiger partial charge is 0.306 e. The molecule has 82 heavy (non-hydrogen) atoms. The van der Waals surface area contributed by atoms with E-state index in [1.165, 1.54) is 77.0 Å². The van der Waals surface area contributed by atoms with Crippen molar-refractivity contribution in [2.24, 2.45) is 0 Å². The third-order valence-corrected chi connectivity index (χ3v) is 13.5. The second kappa shape index (κ2) is 68.3. The van der Waals surface area contributed by atoms with Crippen molar-refractivity contribution in [1.82, 2.24) is 0 Å². The lowest BCUT2D eigenvalue weighted by Crippen LogP contribution is -2.30. The highest BCUT2D eigenvalue weighted by Crippen LogP contribution is 2.15. The summed E-state index contributed by atoms with van der Waals surface area (Å²) < 4.78 is 16.8.